The lowest BCUT2D eigenvalue weighted by Gasteiger charge is -2.24. The van der Waals surface area contributed by atoms with Crippen molar-refractivity contribution in [3.63, 3.8) is 0 Å². The minimum Gasteiger partial charge on any atom is -0.496 e. The molecule has 0 aliphatic rings. The first kappa shape index (κ1) is 11.4. The van der Waals surface area contributed by atoms with Crippen LogP contribution in [0, 0.1) is 0 Å². The summed E-state index contributed by atoms with van der Waals surface area (Å²) in [5, 5.41) is 0. The van der Waals surface area contributed by atoms with Crippen molar-refractivity contribution in [3.8, 4) is 5.75 Å². The molecule has 0 saturated heterocycles. The van der Waals surface area contributed by atoms with Gasteiger partial charge >= 0.3 is 0 Å². The van der Waals surface area contributed by atoms with Gasteiger partial charge < -0.3 is 9.64 Å². The van der Waals surface area contributed by atoms with Crippen LogP contribution in [0.3, 0.4) is 0 Å². The van der Waals surface area contributed by atoms with Gasteiger partial charge in [-0.3, -0.25) is 0 Å². The third-order valence-corrected chi connectivity index (χ3v) is 2.64. The maximum atomic E-state index is 5.32. The molecular weight excluding hydrogens is 194 g/mol. The van der Waals surface area contributed by atoms with E-state index in [9.17, 15) is 0 Å². The lowest BCUT2D eigenvalue weighted by molar-refractivity contribution is 0.313. The first-order chi connectivity index (χ1) is 6.70. The molecule has 14 heavy (non-hydrogen) atoms. The van der Waals surface area contributed by atoms with E-state index in [4.69, 9.17) is 4.74 Å². The molecule has 3 heteroatoms. The van der Waals surface area contributed by atoms with E-state index in [0.29, 0.717) is 6.04 Å². The molecule has 1 aromatic rings. The normalized spacial score (nSPS) is 12.9. The first-order valence-electron chi connectivity index (χ1n) is 4.61. The fraction of sp³-hybridized carbons (Fsp3) is 0.455. The molecule has 0 aromatic heterocycles. The molecule has 78 valence electrons. The highest BCUT2D eigenvalue weighted by atomic mass is 32.1. The lowest BCUT2D eigenvalue weighted by Crippen LogP contribution is -2.21. The van der Waals surface area contributed by atoms with Gasteiger partial charge in [0.2, 0.25) is 0 Å². The molecule has 0 spiro atoms. The second-order valence-electron chi connectivity index (χ2n) is 3.40. The smallest absolute Gasteiger partial charge is 0.123 e. The van der Waals surface area contributed by atoms with Gasteiger partial charge in [0.1, 0.15) is 5.75 Å². The Bertz CT molecular complexity index is 288. The molecule has 0 aliphatic carbocycles. The highest BCUT2D eigenvalue weighted by molar-refractivity contribution is 7.80. The summed E-state index contributed by atoms with van der Waals surface area (Å²) in [4.78, 5) is 2.14. The topological polar surface area (TPSA) is 12.5 Å². The van der Waals surface area contributed by atoms with Gasteiger partial charge in [0.25, 0.3) is 0 Å². The van der Waals surface area contributed by atoms with E-state index in [2.05, 4.69) is 23.6 Å². The number of rotatable bonds is 4. The highest BCUT2D eigenvalue weighted by Gasteiger charge is 2.15. The Morgan fingerprint density at radius 2 is 2.00 bits per heavy atom. The number of hydrogen-bond acceptors (Lipinski definition) is 3. The average molecular weight is 211 g/mol. The van der Waals surface area contributed by atoms with Gasteiger partial charge in [-0.2, -0.15) is 12.6 Å². The van der Waals surface area contributed by atoms with Crippen molar-refractivity contribution in [1.82, 2.24) is 4.90 Å². The number of thiol groups is 1. The Hall–Kier alpha value is -0.670. The van der Waals surface area contributed by atoms with Gasteiger partial charge in [-0.25, -0.2) is 0 Å². The zero-order valence-corrected chi connectivity index (χ0v) is 9.79. The van der Waals surface area contributed by atoms with Crippen molar-refractivity contribution >= 4 is 12.6 Å². The molecule has 0 fully saturated rings. The molecule has 0 heterocycles. The molecule has 0 amide bonds. The molecule has 1 atom stereocenters. The molecule has 1 unspecified atom stereocenters. The summed E-state index contributed by atoms with van der Waals surface area (Å²) in [5.41, 5.74) is 1.19. The van der Waals surface area contributed by atoms with Crippen LogP contribution in [0.25, 0.3) is 0 Å². The van der Waals surface area contributed by atoms with E-state index < -0.39 is 0 Å². The molecule has 0 saturated carbocycles. The van der Waals surface area contributed by atoms with Crippen molar-refractivity contribution in [2.75, 3.05) is 27.0 Å². The number of hydrogen-bond donors (Lipinski definition) is 1. The Balaban J connectivity index is 3.02. The summed E-state index contributed by atoms with van der Waals surface area (Å²) in [6, 6.07) is 8.37. The largest absolute Gasteiger partial charge is 0.496 e. The minimum atomic E-state index is 0.300. The van der Waals surface area contributed by atoms with Gasteiger partial charge in [-0.05, 0) is 20.2 Å². The molecule has 0 bridgehead atoms. The molecule has 2 nitrogen and oxygen atoms in total. The van der Waals surface area contributed by atoms with Crippen LogP contribution in [0.15, 0.2) is 24.3 Å². The summed E-state index contributed by atoms with van der Waals surface area (Å²) in [6.45, 7) is 0. The van der Waals surface area contributed by atoms with Crippen LogP contribution in [0.4, 0.5) is 0 Å². The third kappa shape index (κ3) is 2.42. The van der Waals surface area contributed by atoms with Gasteiger partial charge in [0.15, 0.2) is 0 Å². The molecule has 0 radical (unpaired) electrons. The van der Waals surface area contributed by atoms with Gasteiger partial charge in [0.05, 0.1) is 7.11 Å². The highest BCUT2D eigenvalue weighted by Crippen LogP contribution is 2.28. The van der Waals surface area contributed by atoms with Gasteiger partial charge in [-0.1, -0.05) is 18.2 Å². The summed E-state index contributed by atoms with van der Waals surface area (Å²) in [5.74, 6) is 1.72. The number of para-hydroxylation sites is 1. The van der Waals surface area contributed by atoms with Crippen LogP contribution in [-0.4, -0.2) is 31.9 Å². The average Bonchev–Trinajstić information content (AvgIpc) is 2.19. The number of nitrogens with zero attached hydrogens (tertiary/aromatic N) is 1. The Kier molecular flexibility index (Phi) is 4.29. The summed E-state index contributed by atoms with van der Waals surface area (Å²) in [7, 11) is 5.80. The van der Waals surface area contributed by atoms with Crippen LogP contribution >= 0.6 is 12.6 Å². The van der Waals surface area contributed by atoms with Crippen molar-refractivity contribution in [3.05, 3.63) is 29.8 Å². The fourth-order valence-corrected chi connectivity index (χ4v) is 2.00. The van der Waals surface area contributed by atoms with Crippen LogP contribution in [0.5, 0.6) is 5.75 Å². The van der Waals surface area contributed by atoms with Crippen LogP contribution < -0.4 is 4.74 Å². The summed E-state index contributed by atoms with van der Waals surface area (Å²) >= 11 is 4.36. The van der Waals surface area contributed by atoms with E-state index in [1.165, 1.54) is 5.56 Å². The van der Waals surface area contributed by atoms with E-state index in [0.717, 1.165) is 11.5 Å². The standard InChI is InChI=1S/C11H17NOS/c1-12(2)10(8-14)9-6-4-5-7-11(9)13-3/h4-7,10,14H,8H2,1-3H3. The maximum Gasteiger partial charge on any atom is 0.123 e. The zero-order valence-electron chi connectivity index (χ0n) is 8.90. The van der Waals surface area contributed by atoms with Crippen LogP contribution in [0.2, 0.25) is 0 Å². The first-order valence-corrected chi connectivity index (χ1v) is 5.24. The second-order valence-corrected chi connectivity index (χ2v) is 3.77. The second kappa shape index (κ2) is 5.27. The van der Waals surface area contributed by atoms with Gasteiger partial charge in [-0.15, -0.1) is 0 Å². The van der Waals surface area contributed by atoms with Crippen molar-refractivity contribution < 1.29 is 4.74 Å². The maximum absolute atomic E-state index is 5.32. The lowest BCUT2D eigenvalue weighted by atomic mass is 10.1. The van der Waals surface area contributed by atoms with Crippen LogP contribution in [-0.2, 0) is 0 Å². The Morgan fingerprint density at radius 3 is 2.50 bits per heavy atom. The fourth-order valence-electron chi connectivity index (χ4n) is 1.48. The van der Waals surface area contributed by atoms with Crippen molar-refractivity contribution in [1.29, 1.82) is 0 Å². The summed E-state index contributed by atoms with van der Waals surface area (Å²) < 4.78 is 5.32. The molecule has 0 N–H and O–H groups in total. The predicted molar refractivity (Wildman–Crippen MR) is 63.3 cm³/mol. The predicted octanol–water partition coefficient (Wildman–Crippen LogP) is 2.23. The SMILES string of the molecule is COc1ccccc1C(CS)N(C)C. The molecule has 1 aromatic carbocycles. The molecule has 0 aliphatic heterocycles. The molecule has 1 rings (SSSR count). The van der Waals surface area contributed by atoms with Crippen molar-refractivity contribution in [2.45, 2.75) is 6.04 Å². The summed E-state index contributed by atoms with van der Waals surface area (Å²) in [6.07, 6.45) is 0. The van der Waals surface area contributed by atoms with Crippen LogP contribution in [0.1, 0.15) is 11.6 Å². The van der Waals surface area contributed by atoms with E-state index in [1.807, 2.05) is 32.3 Å². The quantitative estimate of drug-likeness (QED) is 0.767. The molecular formula is C11H17NOS. The van der Waals surface area contributed by atoms with E-state index >= 15 is 0 Å². The third-order valence-electron chi connectivity index (χ3n) is 2.29. The minimum absolute atomic E-state index is 0.300. The Labute approximate surface area is 91.3 Å². The number of ether oxygens (including phenoxy) is 1. The van der Waals surface area contributed by atoms with Crippen molar-refractivity contribution in [2.24, 2.45) is 0 Å². The number of methoxy groups -OCH3 is 1. The van der Waals surface area contributed by atoms with E-state index in [1.54, 1.807) is 7.11 Å². The Morgan fingerprint density at radius 1 is 1.36 bits per heavy atom. The number of benzene rings is 1. The zero-order chi connectivity index (χ0) is 10.6. The van der Waals surface area contributed by atoms with E-state index in [-0.39, 0.29) is 0 Å². The van der Waals surface area contributed by atoms with Gasteiger partial charge in [0, 0.05) is 17.4 Å². The monoisotopic (exact) mass is 211 g/mol.